The molecule has 0 aliphatic rings. The van der Waals surface area contributed by atoms with Crippen molar-refractivity contribution >= 4 is 17.9 Å². The molecule has 0 aliphatic carbocycles. The van der Waals surface area contributed by atoms with E-state index in [1.165, 1.54) is 0 Å². The number of aldehydes is 1. The van der Waals surface area contributed by atoms with Crippen LogP contribution in [-0.2, 0) is 4.79 Å². The van der Waals surface area contributed by atoms with Gasteiger partial charge in [0, 0.05) is 0 Å². The highest BCUT2D eigenvalue weighted by molar-refractivity contribution is 6.27. The van der Waals surface area contributed by atoms with Crippen molar-refractivity contribution in [3.8, 4) is 0 Å². The smallest absolute Gasteiger partial charge is 0.137 e. The topological polar surface area (TPSA) is 17.1 Å². The minimum absolute atomic E-state index is 0.259. The molecule has 0 bridgehead atoms. The molecule has 1 atom stereocenters. The average Bonchev–Trinajstić information content (AvgIpc) is 1.68. The predicted molar refractivity (Wildman–Crippen MR) is 30.6 cm³/mol. The molecule has 0 fully saturated rings. The Morgan fingerprint density at radius 1 is 1.86 bits per heavy atom. The fourth-order valence-electron chi connectivity index (χ4n) is 0.344. The van der Waals surface area contributed by atoms with Crippen molar-refractivity contribution in [2.24, 2.45) is 0 Å². The molecule has 0 aromatic carbocycles. The normalized spacial score (nSPS) is 13.4. The highest BCUT2D eigenvalue weighted by Crippen LogP contribution is 1.99. The maximum Gasteiger partial charge on any atom is 0.137 e. The lowest BCUT2D eigenvalue weighted by molar-refractivity contribution is -0.107. The van der Waals surface area contributed by atoms with Gasteiger partial charge in [0.15, 0.2) is 0 Å². The first-order valence-electron chi connectivity index (χ1n) is 2.40. The molecule has 1 nitrogen and oxygen atoms in total. The summed E-state index contributed by atoms with van der Waals surface area (Å²) in [5, 5.41) is -0.259. The summed E-state index contributed by atoms with van der Waals surface area (Å²) in [6, 6.07) is 0. The Hall–Kier alpha value is -0.0400. The van der Waals surface area contributed by atoms with Crippen LogP contribution in [-0.4, -0.2) is 11.7 Å². The third kappa shape index (κ3) is 3.80. The Morgan fingerprint density at radius 2 is 2.43 bits per heavy atom. The van der Waals surface area contributed by atoms with Gasteiger partial charge in [-0.1, -0.05) is 13.3 Å². The van der Waals surface area contributed by atoms with Gasteiger partial charge in [-0.3, -0.25) is 0 Å². The summed E-state index contributed by atoms with van der Waals surface area (Å²) in [5.74, 6) is 0. The Morgan fingerprint density at radius 3 is 2.57 bits per heavy atom. The van der Waals surface area contributed by atoms with Crippen molar-refractivity contribution < 1.29 is 4.79 Å². The SMILES string of the molecule is CCC[C@@H](Cl)C=O. The summed E-state index contributed by atoms with van der Waals surface area (Å²) in [6.45, 7) is 2.00. The summed E-state index contributed by atoms with van der Waals surface area (Å²) in [6.07, 6.45) is 2.54. The van der Waals surface area contributed by atoms with E-state index in [4.69, 9.17) is 11.6 Å². The van der Waals surface area contributed by atoms with Gasteiger partial charge >= 0.3 is 0 Å². The standard InChI is InChI=1S/C5H9ClO/c1-2-3-5(6)4-7/h4-5H,2-3H2,1H3/t5-/m1/s1. The highest BCUT2D eigenvalue weighted by atomic mass is 35.5. The lowest BCUT2D eigenvalue weighted by Gasteiger charge is -1.92. The van der Waals surface area contributed by atoms with E-state index < -0.39 is 0 Å². The molecule has 0 radical (unpaired) electrons. The molecular formula is C5H9ClO. The first-order chi connectivity index (χ1) is 3.31. The van der Waals surface area contributed by atoms with E-state index in [1.807, 2.05) is 6.92 Å². The molecule has 0 aromatic rings. The van der Waals surface area contributed by atoms with Crippen LogP contribution in [0.3, 0.4) is 0 Å². The van der Waals surface area contributed by atoms with E-state index >= 15 is 0 Å². The number of hydrogen-bond donors (Lipinski definition) is 0. The first-order valence-corrected chi connectivity index (χ1v) is 2.84. The zero-order valence-corrected chi connectivity index (χ0v) is 5.11. The number of alkyl halides is 1. The third-order valence-corrected chi connectivity index (χ3v) is 1.03. The monoisotopic (exact) mass is 120 g/mol. The minimum Gasteiger partial charge on any atom is -0.302 e. The Bertz CT molecular complexity index is 54.0. The summed E-state index contributed by atoms with van der Waals surface area (Å²) in [4.78, 5) is 9.76. The molecule has 0 aromatic heterocycles. The maximum absolute atomic E-state index is 9.76. The quantitative estimate of drug-likeness (QED) is 0.408. The molecule has 7 heavy (non-hydrogen) atoms. The van der Waals surface area contributed by atoms with Gasteiger partial charge in [0.1, 0.15) is 6.29 Å². The minimum atomic E-state index is -0.259. The molecule has 0 heterocycles. The van der Waals surface area contributed by atoms with Gasteiger partial charge in [0.05, 0.1) is 5.38 Å². The van der Waals surface area contributed by atoms with Crippen molar-refractivity contribution in [3.63, 3.8) is 0 Å². The van der Waals surface area contributed by atoms with Crippen LogP contribution < -0.4 is 0 Å². The Balaban J connectivity index is 2.98. The van der Waals surface area contributed by atoms with Gasteiger partial charge in [0.25, 0.3) is 0 Å². The van der Waals surface area contributed by atoms with E-state index in [0.717, 1.165) is 19.1 Å². The molecule has 0 aliphatic heterocycles. The van der Waals surface area contributed by atoms with E-state index in [0.29, 0.717) is 0 Å². The van der Waals surface area contributed by atoms with E-state index in [1.54, 1.807) is 0 Å². The summed E-state index contributed by atoms with van der Waals surface area (Å²) in [7, 11) is 0. The van der Waals surface area contributed by atoms with Crippen LogP contribution in [0.15, 0.2) is 0 Å². The molecule has 42 valence electrons. The van der Waals surface area contributed by atoms with Gasteiger partial charge in [-0.2, -0.15) is 0 Å². The molecule has 0 saturated carbocycles. The van der Waals surface area contributed by atoms with Gasteiger partial charge in [-0.25, -0.2) is 0 Å². The number of hydrogen-bond acceptors (Lipinski definition) is 1. The molecule has 2 heteroatoms. The third-order valence-electron chi connectivity index (χ3n) is 0.712. The van der Waals surface area contributed by atoms with Gasteiger partial charge in [0.2, 0.25) is 0 Å². The lowest BCUT2D eigenvalue weighted by atomic mass is 10.3. The zero-order chi connectivity index (χ0) is 5.70. The van der Waals surface area contributed by atoms with Crippen LogP contribution in [0.5, 0.6) is 0 Å². The van der Waals surface area contributed by atoms with Crippen LogP contribution in [0.25, 0.3) is 0 Å². The molecule has 0 unspecified atom stereocenters. The number of carbonyl (C=O) groups excluding carboxylic acids is 1. The van der Waals surface area contributed by atoms with Gasteiger partial charge in [-0.05, 0) is 6.42 Å². The van der Waals surface area contributed by atoms with Crippen molar-refractivity contribution in [3.05, 3.63) is 0 Å². The average molecular weight is 121 g/mol. The Kier molecular flexibility index (Phi) is 4.10. The fraction of sp³-hybridized carbons (Fsp3) is 0.800. The van der Waals surface area contributed by atoms with Crippen molar-refractivity contribution in [1.29, 1.82) is 0 Å². The molecule has 0 rings (SSSR count). The van der Waals surface area contributed by atoms with Crippen molar-refractivity contribution in [2.45, 2.75) is 25.1 Å². The van der Waals surface area contributed by atoms with Gasteiger partial charge < -0.3 is 4.79 Å². The summed E-state index contributed by atoms with van der Waals surface area (Å²) >= 11 is 5.40. The second kappa shape index (κ2) is 4.13. The van der Waals surface area contributed by atoms with Crippen molar-refractivity contribution in [2.75, 3.05) is 0 Å². The fourth-order valence-corrected chi connectivity index (χ4v) is 0.562. The second-order valence-electron chi connectivity index (χ2n) is 1.44. The van der Waals surface area contributed by atoms with Crippen molar-refractivity contribution in [1.82, 2.24) is 0 Å². The Labute approximate surface area is 48.7 Å². The van der Waals surface area contributed by atoms with E-state index in [-0.39, 0.29) is 5.38 Å². The van der Waals surface area contributed by atoms with Crippen LogP contribution in [0.1, 0.15) is 19.8 Å². The van der Waals surface area contributed by atoms with Gasteiger partial charge in [-0.15, -0.1) is 11.6 Å². The largest absolute Gasteiger partial charge is 0.302 e. The van der Waals surface area contributed by atoms with Crippen LogP contribution in [0.4, 0.5) is 0 Å². The first kappa shape index (κ1) is 6.96. The maximum atomic E-state index is 9.76. The van der Waals surface area contributed by atoms with Crippen LogP contribution in [0.2, 0.25) is 0 Å². The molecule has 0 saturated heterocycles. The zero-order valence-electron chi connectivity index (χ0n) is 4.36. The molecule has 0 spiro atoms. The second-order valence-corrected chi connectivity index (χ2v) is 2.00. The number of rotatable bonds is 3. The predicted octanol–water partition coefficient (Wildman–Crippen LogP) is 1.59. The highest BCUT2D eigenvalue weighted by Gasteiger charge is 1.96. The summed E-state index contributed by atoms with van der Waals surface area (Å²) in [5.41, 5.74) is 0. The van der Waals surface area contributed by atoms with Crippen LogP contribution in [0, 0.1) is 0 Å². The van der Waals surface area contributed by atoms with Crippen LogP contribution >= 0.6 is 11.6 Å². The molecular weight excluding hydrogens is 112 g/mol. The molecule has 0 amide bonds. The number of halogens is 1. The lowest BCUT2D eigenvalue weighted by Crippen LogP contribution is -1.96. The molecule has 0 N–H and O–H groups in total. The summed E-state index contributed by atoms with van der Waals surface area (Å²) < 4.78 is 0. The van der Waals surface area contributed by atoms with E-state index in [9.17, 15) is 4.79 Å². The number of carbonyl (C=O) groups is 1. The van der Waals surface area contributed by atoms with E-state index in [2.05, 4.69) is 0 Å².